The molecule has 0 rings (SSSR count). The van der Waals surface area contributed by atoms with Crippen molar-refractivity contribution >= 4 is 28.6 Å². The highest BCUT2D eigenvalue weighted by atomic mass is 127. The molecule has 7 heteroatoms. The van der Waals surface area contributed by atoms with Crippen LogP contribution in [0.3, 0.4) is 0 Å². The van der Waals surface area contributed by atoms with Gasteiger partial charge in [-0.1, -0.05) is 22.6 Å². The Labute approximate surface area is 122 Å². The molecule has 0 amide bonds. The fourth-order valence-electron chi connectivity index (χ4n) is 1.05. The van der Waals surface area contributed by atoms with Crippen LogP contribution in [0.2, 0.25) is 0 Å². The van der Waals surface area contributed by atoms with Crippen molar-refractivity contribution < 1.29 is 23.7 Å². The smallest absolute Gasteiger partial charge is 0.319 e. The molecule has 0 aliphatic rings. The first-order valence-electron chi connectivity index (χ1n) is 5.79. The second-order valence-electron chi connectivity index (χ2n) is 3.41. The number of hydrogen-bond acceptors (Lipinski definition) is 6. The van der Waals surface area contributed by atoms with E-state index in [1.165, 1.54) is 7.11 Å². The van der Waals surface area contributed by atoms with E-state index < -0.39 is 0 Å². The van der Waals surface area contributed by atoms with Crippen molar-refractivity contribution in [2.24, 2.45) is 0 Å². The van der Waals surface area contributed by atoms with Crippen LogP contribution in [0, 0.1) is 0 Å². The molecular weight excluding hydrogens is 353 g/mol. The van der Waals surface area contributed by atoms with Crippen molar-refractivity contribution in [2.75, 3.05) is 60.3 Å². The van der Waals surface area contributed by atoms with Crippen LogP contribution in [0.4, 0.5) is 0 Å². The van der Waals surface area contributed by atoms with Crippen LogP contribution in [0.25, 0.3) is 0 Å². The van der Waals surface area contributed by atoms with Gasteiger partial charge in [-0.15, -0.1) is 0 Å². The van der Waals surface area contributed by atoms with Gasteiger partial charge in [0.05, 0.1) is 40.1 Å². The zero-order valence-corrected chi connectivity index (χ0v) is 13.1. The molecule has 0 heterocycles. The second kappa shape index (κ2) is 13.5. The van der Waals surface area contributed by atoms with Gasteiger partial charge in [-0.05, 0) is 0 Å². The van der Waals surface area contributed by atoms with Crippen LogP contribution in [0.15, 0.2) is 0 Å². The van der Waals surface area contributed by atoms with E-state index >= 15 is 0 Å². The number of methoxy groups -OCH3 is 2. The van der Waals surface area contributed by atoms with Gasteiger partial charge in [0, 0.05) is 20.2 Å². The average molecular weight is 375 g/mol. The molecule has 0 saturated heterocycles. The van der Waals surface area contributed by atoms with Crippen LogP contribution >= 0.6 is 22.6 Å². The van der Waals surface area contributed by atoms with Crippen LogP contribution in [0.1, 0.15) is 0 Å². The van der Waals surface area contributed by atoms with Gasteiger partial charge in [-0.3, -0.25) is 4.79 Å². The molecule has 0 aromatic carbocycles. The number of carbonyl (C=O) groups excluding carboxylic acids is 1. The summed E-state index contributed by atoms with van der Waals surface area (Å²) >= 11 is 2.05. The lowest BCUT2D eigenvalue weighted by molar-refractivity contribution is -0.139. The second-order valence-corrected chi connectivity index (χ2v) is 4.92. The lowest BCUT2D eigenvalue weighted by atomic mass is 10.4. The third-order valence-electron chi connectivity index (χ3n) is 2.01. The Morgan fingerprint density at radius 3 is 2.33 bits per heavy atom. The van der Waals surface area contributed by atoms with Crippen LogP contribution in [-0.2, 0) is 23.7 Å². The van der Waals surface area contributed by atoms with E-state index in [1.54, 1.807) is 7.11 Å². The maximum atomic E-state index is 11.1. The van der Waals surface area contributed by atoms with Crippen molar-refractivity contribution in [3.8, 4) is 0 Å². The first-order chi connectivity index (χ1) is 8.72. The number of halogens is 1. The third kappa shape index (κ3) is 11.1. The van der Waals surface area contributed by atoms with Gasteiger partial charge in [0.25, 0.3) is 0 Å². The van der Waals surface area contributed by atoms with Gasteiger partial charge in [0.2, 0.25) is 0 Å². The summed E-state index contributed by atoms with van der Waals surface area (Å²) < 4.78 is 19.9. The third-order valence-corrected chi connectivity index (χ3v) is 2.96. The van der Waals surface area contributed by atoms with E-state index in [0.29, 0.717) is 46.1 Å². The lowest BCUT2D eigenvalue weighted by Crippen LogP contribution is -2.31. The van der Waals surface area contributed by atoms with Gasteiger partial charge < -0.3 is 24.3 Å². The molecule has 0 saturated carbocycles. The van der Waals surface area contributed by atoms with Crippen molar-refractivity contribution in [1.82, 2.24) is 5.32 Å². The summed E-state index contributed by atoms with van der Waals surface area (Å²) in [6.45, 7) is 4.21. The summed E-state index contributed by atoms with van der Waals surface area (Å²) in [5, 5.41) is 3.12. The van der Waals surface area contributed by atoms with Gasteiger partial charge in [0.1, 0.15) is 3.92 Å². The number of carbonyl (C=O) groups is 1. The monoisotopic (exact) mass is 375 g/mol. The van der Waals surface area contributed by atoms with Gasteiger partial charge >= 0.3 is 5.97 Å². The average Bonchev–Trinajstić information content (AvgIpc) is 2.39. The molecular formula is C11H22INO5. The number of ether oxygens (including phenoxy) is 4. The number of alkyl halides is 1. The highest BCUT2D eigenvalue weighted by molar-refractivity contribution is 14.1. The molecule has 0 bridgehead atoms. The van der Waals surface area contributed by atoms with E-state index in [2.05, 4.69) is 10.1 Å². The van der Waals surface area contributed by atoms with Crippen molar-refractivity contribution in [3.63, 3.8) is 0 Å². The molecule has 108 valence electrons. The summed E-state index contributed by atoms with van der Waals surface area (Å²) in [5.74, 6) is -0.212. The molecule has 1 unspecified atom stereocenters. The fraction of sp³-hybridized carbons (Fsp3) is 0.909. The van der Waals surface area contributed by atoms with Crippen LogP contribution in [-0.4, -0.2) is 70.2 Å². The highest BCUT2D eigenvalue weighted by Gasteiger charge is 2.13. The van der Waals surface area contributed by atoms with E-state index in [1.807, 2.05) is 22.6 Å². The van der Waals surface area contributed by atoms with E-state index in [0.717, 1.165) is 0 Å². The Morgan fingerprint density at radius 1 is 1.11 bits per heavy atom. The number of hydrogen-bond donors (Lipinski definition) is 1. The maximum Gasteiger partial charge on any atom is 0.319 e. The minimum Gasteiger partial charge on any atom is -0.468 e. The van der Waals surface area contributed by atoms with Crippen molar-refractivity contribution in [1.29, 1.82) is 0 Å². The van der Waals surface area contributed by atoms with Gasteiger partial charge in [-0.2, -0.15) is 0 Å². The summed E-state index contributed by atoms with van der Waals surface area (Å²) in [6.07, 6.45) is 0. The highest BCUT2D eigenvalue weighted by Crippen LogP contribution is 2.00. The zero-order valence-electron chi connectivity index (χ0n) is 10.9. The Bertz CT molecular complexity index is 206. The molecule has 0 fully saturated rings. The predicted octanol–water partition coefficient (Wildman–Crippen LogP) is 0.232. The SMILES string of the molecule is COCCOCCOCCNCC(I)C(=O)OC. The molecule has 0 aliphatic heterocycles. The maximum absolute atomic E-state index is 11.1. The molecule has 0 aromatic heterocycles. The normalized spacial score (nSPS) is 12.4. The number of nitrogens with one attached hydrogen (secondary N) is 1. The molecule has 0 spiro atoms. The first-order valence-corrected chi connectivity index (χ1v) is 7.04. The predicted molar refractivity (Wildman–Crippen MR) is 76.2 cm³/mol. The Balaban J connectivity index is 3.14. The molecule has 0 aromatic rings. The first kappa shape index (κ1) is 18.0. The minimum atomic E-state index is -0.212. The van der Waals surface area contributed by atoms with Crippen LogP contribution < -0.4 is 5.32 Å². The van der Waals surface area contributed by atoms with Gasteiger partial charge in [-0.25, -0.2) is 0 Å². The Morgan fingerprint density at radius 2 is 1.72 bits per heavy atom. The summed E-state index contributed by atoms with van der Waals surface area (Å²) in [5.41, 5.74) is 0. The molecule has 6 nitrogen and oxygen atoms in total. The van der Waals surface area contributed by atoms with Crippen molar-refractivity contribution in [3.05, 3.63) is 0 Å². The largest absolute Gasteiger partial charge is 0.468 e. The Hall–Kier alpha value is 0.0400. The Kier molecular flexibility index (Phi) is 13.5. The van der Waals surface area contributed by atoms with Crippen LogP contribution in [0.5, 0.6) is 0 Å². The lowest BCUT2D eigenvalue weighted by Gasteiger charge is -2.09. The minimum absolute atomic E-state index is 0.162. The van der Waals surface area contributed by atoms with E-state index in [4.69, 9.17) is 14.2 Å². The summed E-state index contributed by atoms with van der Waals surface area (Å²) in [4.78, 5) is 11.1. The van der Waals surface area contributed by atoms with Crippen molar-refractivity contribution in [2.45, 2.75) is 3.92 Å². The number of rotatable bonds is 12. The number of esters is 1. The zero-order chi connectivity index (χ0) is 13.6. The van der Waals surface area contributed by atoms with E-state index in [9.17, 15) is 4.79 Å². The fourth-order valence-corrected chi connectivity index (χ4v) is 1.61. The standard InChI is InChI=1S/C11H22INO5/c1-15-5-6-18-8-7-17-4-3-13-9-10(12)11(14)16-2/h10,13H,3-9H2,1-2H3. The molecule has 0 aliphatic carbocycles. The van der Waals surface area contributed by atoms with E-state index in [-0.39, 0.29) is 9.89 Å². The summed E-state index contributed by atoms with van der Waals surface area (Å²) in [7, 11) is 3.03. The molecule has 18 heavy (non-hydrogen) atoms. The summed E-state index contributed by atoms with van der Waals surface area (Å²) in [6, 6.07) is 0. The topological polar surface area (TPSA) is 66.0 Å². The quantitative estimate of drug-likeness (QED) is 0.228. The molecule has 1 atom stereocenters. The molecule has 0 radical (unpaired) electrons. The van der Waals surface area contributed by atoms with Gasteiger partial charge in [0.15, 0.2) is 0 Å². The molecule has 1 N–H and O–H groups in total.